The maximum atomic E-state index is 14.6. The van der Waals surface area contributed by atoms with Crippen molar-refractivity contribution in [2.75, 3.05) is 19.6 Å². The zero-order valence-electron chi connectivity index (χ0n) is 41.3. The molecule has 73 heavy (non-hydrogen) atoms. The van der Waals surface area contributed by atoms with E-state index >= 15 is 0 Å². The van der Waals surface area contributed by atoms with Crippen molar-refractivity contribution < 1.29 is 42.7 Å². The van der Waals surface area contributed by atoms with Gasteiger partial charge in [0.15, 0.2) is 5.96 Å². The van der Waals surface area contributed by atoms with E-state index < -0.39 is 89.3 Å². The second kappa shape index (κ2) is 28.9. The summed E-state index contributed by atoms with van der Waals surface area (Å²) in [5, 5.41) is 33.2. The van der Waals surface area contributed by atoms with E-state index in [2.05, 4.69) is 62.8 Å². The van der Waals surface area contributed by atoms with Gasteiger partial charge < -0.3 is 63.6 Å². The number of rotatable bonds is 17. The fourth-order valence-electron chi connectivity index (χ4n) is 8.31. The molecule has 0 bridgehead atoms. The highest BCUT2D eigenvalue weighted by Crippen LogP contribution is 2.20. The number of hydrogen-bond acceptors (Lipinski definition) is 10. The summed E-state index contributed by atoms with van der Waals surface area (Å²) in [4.78, 5) is 121. The summed E-state index contributed by atoms with van der Waals surface area (Å²) in [5.74, 6) is -6.07. The predicted molar refractivity (Wildman–Crippen MR) is 269 cm³/mol. The minimum atomic E-state index is -1.43. The summed E-state index contributed by atoms with van der Waals surface area (Å²) >= 11 is 0. The second-order valence-electron chi connectivity index (χ2n) is 18.1. The largest absolute Gasteiger partial charge is 0.370 e. The number of fused-ring (bicyclic) bond motifs is 1. The molecule has 1 aliphatic rings. The van der Waals surface area contributed by atoms with E-state index in [4.69, 9.17) is 11.1 Å². The Kier molecular flexibility index (Phi) is 22.2. The number of aromatic amines is 2. The highest BCUT2D eigenvalue weighted by molar-refractivity contribution is 5.97. The van der Waals surface area contributed by atoms with Gasteiger partial charge >= 0.3 is 0 Å². The molecule has 0 radical (unpaired) electrons. The number of guanidine groups is 1. The van der Waals surface area contributed by atoms with E-state index in [-0.39, 0.29) is 83.4 Å². The van der Waals surface area contributed by atoms with Gasteiger partial charge in [-0.1, -0.05) is 50.1 Å². The molecular formula is C50H69FN14O8. The first-order valence-corrected chi connectivity index (χ1v) is 24.8. The maximum absolute atomic E-state index is 14.6. The number of imidazole rings is 1. The van der Waals surface area contributed by atoms with Gasteiger partial charge in [0.1, 0.15) is 42.1 Å². The van der Waals surface area contributed by atoms with Crippen molar-refractivity contribution in [3.63, 3.8) is 0 Å². The molecule has 4 aromatic rings. The minimum Gasteiger partial charge on any atom is -0.370 e. The van der Waals surface area contributed by atoms with Gasteiger partial charge in [-0.15, -0.1) is 0 Å². The molecule has 22 nitrogen and oxygen atoms in total. The normalized spacial score (nSPS) is 20.5. The lowest BCUT2D eigenvalue weighted by molar-refractivity contribution is -0.135. The van der Waals surface area contributed by atoms with Gasteiger partial charge in [-0.2, -0.15) is 0 Å². The number of unbranched alkanes of at least 4 members (excludes halogenated alkanes) is 1. The SMILES string of the molecule is CCCC[C@H](NC(C)=O)C(=O)N[C@H]1CCC(=O)NCCCCNC(=O)[C@H](Cc2c[nH]c3ccccc23)NC(=O)[C@H](CCCNC(=N)N)NC(=O)[C@@H](CCc2ccc(F)cc2)NC(=O)[C@H](Cc2c[nH]cn2)NC1=O. The summed E-state index contributed by atoms with van der Waals surface area (Å²) in [5.41, 5.74) is 8.05. The number of carbonyl (C=O) groups excluding carboxylic acids is 8. The van der Waals surface area contributed by atoms with Crippen LogP contribution in [0.15, 0.2) is 67.3 Å². The van der Waals surface area contributed by atoms with Crippen molar-refractivity contribution in [1.82, 2.24) is 62.8 Å². The summed E-state index contributed by atoms with van der Waals surface area (Å²) < 4.78 is 14.0. The Labute approximate surface area is 422 Å². The van der Waals surface area contributed by atoms with Crippen molar-refractivity contribution in [3.8, 4) is 0 Å². The van der Waals surface area contributed by atoms with Gasteiger partial charge in [-0.3, -0.25) is 43.8 Å². The molecule has 1 saturated heterocycles. The van der Waals surface area contributed by atoms with E-state index in [0.29, 0.717) is 36.9 Å². The third-order valence-electron chi connectivity index (χ3n) is 12.3. The molecule has 0 aliphatic carbocycles. The smallest absolute Gasteiger partial charge is 0.243 e. The monoisotopic (exact) mass is 1010 g/mol. The van der Waals surface area contributed by atoms with Crippen LogP contribution in [0.5, 0.6) is 0 Å². The number of nitrogens with one attached hydrogen (secondary N) is 12. The van der Waals surface area contributed by atoms with Gasteiger partial charge in [0, 0.05) is 69.1 Å². The predicted octanol–water partition coefficient (Wildman–Crippen LogP) is 0.637. The van der Waals surface area contributed by atoms with Gasteiger partial charge in [0.05, 0.1) is 12.0 Å². The van der Waals surface area contributed by atoms with Gasteiger partial charge in [-0.05, 0) is 80.7 Å². The van der Waals surface area contributed by atoms with E-state index in [1.54, 1.807) is 6.20 Å². The van der Waals surface area contributed by atoms with E-state index in [1.807, 2.05) is 31.2 Å². The molecule has 1 fully saturated rings. The van der Waals surface area contributed by atoms with Crippen molar-refractivity contribution in [2.45, 2.75) is 134 Å². The number of aromatic nitrogens is 3. The van der Waals surface area contributed by atoms with Crippen molar-refractivity contribution in [1.29, 1.82) is 5.41 Å². The summed E-state index contributed by atoms with van der Waals surface area (Å²) in [6.45, 7) is 3.73. The van der Waals surface area contributed by atoms with Crippen LogP contribution in [-0.2, 0) is 57.6 Å². The molecule has 6 atom stereocenters. The fraction of sp³-hybridized carbons (Fsp3) is 0.480. The lowest BCUT2D eigenvalue weighted by Gasteiger charge is -2.28. The number of aryl methyl sites for hydroxylation is 1. The lowest BCUT2D eigenvalue weighted by Crippen LogP contribution is -2.60. The Balaban J connectivity index is 1.51. The molecule has 5 rings (SSSR count). The number of benzene rings is 2. The maximum Gasteiger partial charge on any atom is 0.243 e. The standard InChI is InChI=1S/C50H69FN14O8/c1-3-4-11-37(60-30(2)66)45(69)62-40-20-21-43(67)55-22-7-8-23-56-44(68)41(25-32-27-58-36-12-6-5-10-35(32)36)64-46(70)38(13-9-24-57-50(52)53)61-47(71)39(19-16-31-14-17-33(51)18-15-31)63-49(73)42(65-48(40)72)26-34-28-54-29-59-34/h5-6,10,12,14-15,17-18,27-29,37-42,58H,3-4,7-9,11,13,16,19-26H2,1-2H3,(H,54,59)(H,55,67)(H,56,68)(H,60,66)(H,61,71)(H,62,69)(H,63,73)(H,64,70)(H,65,72)(H4,52,53,57)/t37-,38-,39+,40-,41-,42-/m0/s1. The van der Waals surface area contributed by atoms with Crippen LogP contribution in [0.25, 0.3) is 10.9 Å². The Morgan fingerprint density at radius 1 is 0.808 bits per heavy atom. The molecule has 14 N–H and O–H groups in total. The highest BCUT2D eigenvalue weighted by Gasteiger charge is 2.34. The molecule has 2 aromatic heterocycles. The Bertz CT molecular complexity index is 2500. The summed E-state index contributed by atoms with van der Waals surface area (Å²) in [7, 11) is 0. The average Bonchev–Trinajstić information content (AvgIpc) is 4.04. The van der Waals surface area contributed by atoms with E-state index in [0.717, 1.165) is 16.5 Å². The third-order valence-corrected chi connectivity index (χ3v) is 12.3. The molecule has 8 amide bonds. The number of carbonyl (C=O) groups is 8. The first-order valence-electron chi connectivity index (χ1n) is 24.8. The fourth-order valence-corrected chi connectivity index (χ4v) is 8.31. The molecule has 23 heteroatoms. The number of halogens is 1. The van der Waals surface area contributed by atoms with Crippen molar-refractivity contribution in [2.24, 2.45) is 5.73 Å². The number of nitrogens with zero attached hydrogens (tertiary/aromatic N) is 1. The van der Waals surface area contributed by atoms with E-state index in [1.165, 1.54) is 43.7 Å². The molecule has 0 saturated carbocycles. The van der Waals surface area contributed by atoms with Crippen LogP contribution >= 0.6 is 0 Å². The average molecular weight is 1010 g/mol. The molecule has 2 aromatic carbocycles. The van der Waals surface area contributed by atoms with Crippen LogP contribution in [0, 0.1) is 11.2 Å². The number of hydrogen-bond donors (Lipinski definition) is 13. The minimum absolute atomic E-state index is 0.00415. The number of para-hydroxylation sites is 1. The number of H-pyrrole nitrogens is 2. The number of amides is 8. The summed E-state index contributed by atoms with van der Waals surface area (Å²) in [6, 6.07) is 5.42. The van der Waals surface area contributed by atoms with Crippen LogP contribution in [-0.4, -0.2) is 124 Å². The zero-order valence-corrected chi connectivity index (χ0v) is 41.3. The topological polar surface area (TPSA) is 339 Å². The quantitative estimate of drug-likeness (QED) is 0.0395. The highest BCUT2D eigenvalue weighted by atomic mass is 19.1. The van der Waals surface area contributed by atoms with Gasteiger partial charge in [0.25, 0.3) is 0 Å². The van der Waals surface area contributed by atoms with Crippen LogP contribution in [0.2, 0.25) is 0 Å². The van der Waals surface area contributed by atoms with Gasteiger partial charge in [0.2, 0.25) is 47.3 Å². The molecule has 3 heterocycles. The van der Waals surface area contributed by atoms with Crippen LogP contribution < -0.4 is 53.6 Å². The van der Waals surface area contributed by atoms with Crippen LogP contribution in [0.3, 0.4) is 0 Å². The van der Waals surface area contributed by atoms with E-state index in [9.17, 15) is 42.7 Å². The molecule has 1 aliphatic heterocycles. The first kappa shape index (κ1) is 56.1. The van der Waals surface area contributed by atoms with Crippen LogP contribution in [0.4, 0.5) is 4.39 Å². The lowest BCUT2D eigenvalue weighted by atomic mass is 10.0. The zero-order chi connectivity index (χ0) is 52.7. The molecule has 0 unspecified atom stereocenters. The van der Waals surface area contributed by atoms with Crippen LogP contribution in [0.1, 0.15) is 94.9 Å². The molecular weight excluding hydrogens is 944 g/mol. The van der Waals surface area contributed by atoms with Gasteiger partial charge in [-0.25, -0.2) is 9.37 Å². The molecule has 0 spiro atoms. The Morgan fingerprint density at radius 3 is 2.15 bits per heavy atom. The Hall–Kier alpha value is -7.85. The molecule has 394 valence electrons. The third kappa shape index (κ3) is 18.7. The summed E-state index contributed by atoms with van der Waals surface area (Å²) in [6.07, 6.45) is 6.80. The number of nitrogens with two attached hydrogens (primary N) is 1. The van der Waals surface area contributed by atoms with Crippen molar-refractivity contribution >= 4 is 64.1 Å². The second-order valence-corrected chi connectivity index (χ2v) is 18.1. The van der Waals surface area contributed by atoms with Crippen molar-refractivity contribution in [3.05, 3.63) is 89.9 Å². The first-order chi connectivity index (χ1) is 35.1. The Morgan fingerprint density at radius 2 is 1.47 bits per heavy atom.